The number of aromatic nitrogens is 1. The summed E-state index contributed by atoms with van der Waals surface area (Å²) in [4.78, 5) is 15.8. The highest BCUT2D eigenvalue weighted by atomic mass is 16.2. The number of amides is 1. The van der Waals surface area contributed by atoms with Crippen molar-refractivity contribution in [3.05, 3.63) is 88.8 Å². The van der Waals surface area contributed by atoms with Gasteiger partial charge in [-0.25, -0.2) is 5.43 Å². The monoisotopic (exact) mass is 403 g/mol. The van der Waals surface area contributed by atoms with E-state index < -0.39 is 0 Å². The lowest BCUT2D eigenvalue weighted by molar-refractivity contribution is 0.0955. The van der Waals surface area contributed by atoms with Crippen LogP contribution >= 0.6 is 0 Å². The van der Waals surface area contributed by atoms with Gasteiger partial charge in [-0.2, -0.15) is 5.10 Å². The maximum absolute atomic E-state index is 11.9. The first-order valence-electron chi connectivity index (χ1n) is 10.4. The van der Waals surface area contributed by atoms with Crippen LogP contribution in [0.1, 0.15) is 64.2 Å². The number of rotatable bonds is 7. The molecule has 0 radical (unpaired) electrons. The quantitative estimate of drug-likeness (QED) is 0.329. The van der Waals surface area contributed by atoms with Crippen molar-refractivity contribution in [1.82, 2.24) is 10.4 Å². The topological polar surface area (TPSA) is 54.4 Å². The van der Waals surface area contributed by atoms with Gasteiger partial charge in [-0.3, -0.25) is 9.78 Å². The van der Waals surface area contributed by atoms with Gasteiger partial charge in [0, 0.05) is 18.6 Å². The van der Waals surface area contributed by atoms with Crippen LogP contribution < -0.4 is 5.43 Å². The number of carbonyl (C=O) groups is 1. The highest BCUT2D eigenvalue weighted by Gasteiger charge is 2.26. The van der Waals surface area contributed by atoms with E-state index in [1.165, 1.54) is 42.2 Å². The Balaban J connectivity index is 1.88. The molecule has 0 unspecified atom stereocenters. The van der Waals surface area contributed by atoms with Crippen LogP contribution in [0.3, 0.4) is 0 Å². The number of hydrogen-bond donors (Lipinski definition) is 1. The molecule has 158 valence electrons. The number of hydrazone groups is 1. The molecule has 1 aromatic heterocycles. The third kappa shape index (κ3) is 7.43. The van der Waals surface area contributed by atoms with E-state index in [2.05, 4.69) is 61.4 Å². The average molecular weight is 404 g/mol. The van der Waals surface area contributed by atoms with E-state index in [1.807, 2.05) is 25.2 Å². The van der Waals surface area contributed by atoms with Crippen molar-refractivity contribution < 1.29 is 4.79 Å². The van der Waals surface area contributed by atoms with Crippen LogP contribution in [0.25, 0.3) is 0 Å². The maximum atomic E-state index is 11.9. The zero-order valence-electron chi connectivity index (χ0n) is 18.8. The van der Waals surface area contributed by atoms with Crippen LogP contribution in [0.5, 0.6) is 0 Å². The van der Waals surface area contributed by atoms with E-state index in [4.69, 9.17) is 0 Å². The van der Waals surface area contributed by atoms with Crippen LogP contribution in [0.15, 0.2) is 88.4 Å². The van der Waals surface area contributed by atoms with Crippen molar-refractivity contribution in [2.24, 2.45) is 10.5 Å². The molecule has 4 heteroatoms. The van der Waals surface area contributed by atoms with Crippen molar-refractivity contribution in [1.29, 1.82) is 0 Å². The van der Waals surface area contributed by atoms with Gasteiger partial charge < -0.3 is 0 Å². The van der Waals surface area contributed by atoms with Crippen molar-refractivity contribution in [2.75, 3.05) is 0 Å². The first-order chi connectivity index (χ1) is 14.3. The summed E-state index contributed by atoms with van der Waals surface area (Å²) in [7, 11) is 0. The van der Waals surface area contributed by atoms with Gasteiger partial charge in [0.15, 0.2) is 0 Å². The number of pyridine rings is 1. The van der Waals surface area contributed by atoms with Crippen molar-refractivity contribution >= 4 is 12.1 Å². The molecule has 0 aromatic carbocycles. The normalized spacial score (nSPS) is 18.0. The maximum Gasteiger partial charge on any atom is 0.272 e. The van der Waals surface area contributed by atoms with Crippen molar-refractivity contribution in [3.8, 4) is 0 Å². The average Bonchev–Trinajstić information content (AvgIpc) is 2.71. The van der Waals surface area contributed by atoms with E-state index >= 15 is 0 Å². The summed E-state index contributed by atoms with van der Waals surface area (Å²) >= 11 is 0. The summed E-state index contributed by atoms with van der Waals surface area (Å²) in [5, 5.41) is 3.94. The highest BCUT2D eigenvalue weighted by Crippen LogP contribution is 2.40. The van der Waals surface area contributed by atoms with Crippen LogP contribution in [0.4, 0.5) is 0 Å². The number of nitrogens with zero attached hydrogens (tertiary/aromatic N) is 2. The van der Waals surface area contributed by atoms with Gasteiger partial charge in [0.1, 0.15) is 0 Å². The Hall–Kier alpha value is -3.01. The SMILES string of the molecule is CC1=C(C=C/C(C)=C/C=C/C(C)=C/C=N/NC(=O)c2cccnc2)C(C)(C)CCC1. The molecule has 1 amide bonds. The third-order valence-corrected chi connectivity index (χ3v) is 5.28. The van der Waals surface area contributed by atoms with E-state index in [0.717, 1.165) is 5.57 Å². The molecule has 0 aliphatic heterocycles. The smallest absolute Gasteiger partial charge is 0.267 e. The lowest BCUT2D eigenvalue weighted by Crippen LogP contribution is -2.19. The molecule has 0 saturated heterocycles. The molecule has 0 fully saturated rings. The zero-order valence-corrected chi connectivity index (χ0v) is 18.8. The first kappa shape index (κ1) is 23.3. The number of carbonyl (C=O) groups excluding carboxylic acids is 1. The summed E-state index contributed by atoms with van der Waals surface area (Å²) in [6.07, 6.45) is 20.9. The summed E-state index contributed by atoms with van der Waals surface area (Å²) in [5.74, 6) is -0.280. The van der Waals surface area contributed by atoms with E-state index in [9.17, 15) is 4.79 Å². The Morgan fingerprint density at radius 1 is 1.20 bits per heavy atom. The molecule has 0 bridgehead atoms. The lowest BCUT2D eigenvalue weighted by Gasteiger charge is -2.32. The molecular weight excluding hydrogens is 370 g/mol. The van der Waals surface area contributed by atoms with Gasteiger partial charge in [0.05, 0.1) is 5.56 Å². The number of hydrogen-bond acceptors (Lipinski definition) is 3. The van der Waals surface area contributed by atoms with Gasteiger partial charge >= 0.3 is 0 Å². The van der Waals surface area contributed by atoms with Crippen LogP contribution in [-0.2, 0) is 0 Å². The molecule has 0 saturated carbocycles. The molecule has 1 aliphatic carbocycles. The molecule has 4 nitrogen and oxygen atoms in total. The molecule has 1 heterocycles. The summed E-state index contributed by atoms with van der Waals surface area (Å²) in [6.45, 7) is 11.0. The predicted octanol–water partition coefficient (Wildman–Crippen LogP) is 6.33. The molecule has 1 aliphatic rings. The molecule has 30 heavy (non-hydrogen) atoms. The lowest BCUT2D eigenvalue weighted by atomic mass is 9.72. The van der Waals surface area contributed by atoms with E-state index in [1.54, 1.807) is 24.5 Å². The first-order valence-corrected chi connectivity index (χ1v) is 10.4. The molecular formula is C26H33N3O. The Bertz CT molecular complexity index is 913. The molecule has 0 atom stereocenters. The minimum atomic E-state index is -0.280. The Morgan fingerprint density at radius 2 is 1.97 bits per heavy atom. The standard InChI is InChI=1S/C26H33N3O/c1-20(13-14-24-22(3)11-7-16-26(24,4)5)9-6-10-21(2)15-18-28-29-25(30)23-12-8-17-27-19-23/h6,8-10,12-15,17-19H,7,11,16H2,1-5H3,(H,29,30)/b10-6+,14-13?,20-9+,21-15+,28-18+. The van der Waals surface area contributed by atoms with Crippen molar-refractivity contribution in [3.63, 3.8) is 0 Å². The second-order valence-corrected chi connectivity index (χ2v) is 8.41. The Morgan fingerprint density at radius 3 is 2.67 bits per heavy atom. The fourth-order valence-corrected chi connectivity index (χ4v) is 3.50. The van der Waals surface area contributed by atoms with Crippen molar-refractivity contribution in [2.45, 2.75) is 53.9 Å². The summed E-state index contributed by atoms with van der Waals surface area (Å²) in [6, 6.07) is 3.41. The Labute approximate surface area is 180 Å². The van der Waals surface area contributed by atoms with Gasteiger partial charge in [-0.1, -0.05) is 55.4 Å². The van der Waals surface area contributed by atoms with Crippen LogP contribution in [0.2, 0.25) is 0 Å². The van der Waals surface area contributed by atoms with Crippen LogP contribution in [-0.4, -0.2) is 17.1 Å². The fourth-order valence-electron chi connectivity index (χ4n) is 3.50. The minimum absolute atomic E-state index is 0.264. The minimum Gasteiger partial charge on any atom is -0.267 e. The Kier molecular flexibility index (Phi) is 8.72. The van der Waals surface area contributed by atoms with E-state index in [0.29, 0.717) is 5.56 Å². The summed E-state index contributed by atoms with van der Waals surface area (Å²) < 4.78 is 0. The molecule has 1 N–H and O–H groups in total. The predicted molar refractivity (Wildman–Crippen MR) is 126 cm³/mol. The van der Waals surface area contributed by atoms with Crippen LogP contribution in [0, 0.1) is 5.41 Å². The second kappa shape index (κ2) is 11.2. The van der Waals surface area contributed by atoms with Gasteiger partial charge in [-0.15, -0.1) is 0 Å². The van der Waals surface area contributed by atoms with E-state index in [-0.39, 0.29) is 11.3 Å². The van der Waals surface area contributed by atoms with Gasteiger partial charge in [0.2, 0.25) is 0 Å². The zero-order chi connectivity index (χ0) is 22.0. The summed E-state index contributed by atoms with van der Waals surface area (Å²) in [5.41, 5.74) is 8.46. The largest absolute Gasteiger partial charge is 0.272 e. The number of allylic oxidation sites excluding steroid dienone is 10. The van der Waals surface area contributed by atoms with Gasteiger partial charge in [-0.05, 0) is 74.8 Å². The number of nitrogens with one attached hydrogen (secondary N) is 1. The highest BCUT2D eigenvalue weighted by molar-refractivity contribution is 5.94. The molecule has 1 aromatic rings. The molecule has 0 spiro atoms. The second-order valence-electron chi connectivity index (χ2n) is 8.41. The molecule has 2 rings (SSSR count). The van der Waals surface area contributed by atoms with Gasteiger partial charge in [0.25, 0.3) is 5.91 Å². The third-order valence-electron chi connectivity index (χ3n) is 5.28. The fraction of sp³-hybridized carbons (Fsp3) is 0.346.